The van der Waals surface area contributed by atoms with E-state index < -0.39 is 5.97 Å². The van der Waals surface area contributed by atoms with Crippen molar-refractivity contribution in [1.29, 1.82) is 0 Å². The van der Waals surface area contributed by atoms with Crippen LogP contribution in [0.15, 0.2) is 12.1 Å². The van der Waals surface area contributed by atoms with E-state index in [-0.39, 0.29) is 33.1 Å². The smallest absolute Gasteiger partial charge is 0.335 e. The topological polar surface area (TPSA) is 66.4 Å². The molecule has 0 spiro atoms. The van der Waals surface area contributed by atoms with Crippen molar-refractivity contribution in [2.24, 2.45) is 11.8 Å². The van der Waals surface area contributed by atoms with Crippen LogP contribution in [0, 0.1) is 11.8 Å². The number of nitrogens with one attached hydrogen (secondary N) is 1. The van der Waals surface area contributed by atoms with E-state index in [9.17, 15) is 9.59 Å². The average Bonchev–Trinajstić information content (AvgIpc) is 3.00. The molecule has 1 aromatic rings. The molecule has 2 atom stereocenters. The fourth-order valence-electron chi connectivity index (χ4n) is 1.72. The molecule has 18 heavy (non-hydrogen) atoms. The van der Waals surface area contributed by atoms with E-state index in [1.54, 1.807) is 0 Å². The van der Waals surface area contributed by atoms with E-state index in [1.807, 2.05) is 6.92 Å². The zero-order valence-corrected chi connectivity index (χ0v) is 11.0. The van der Waals surface area contributed by atoms with Gasteiger partial charge in [-0.25, -0.2) is 4.79 Å². The Kier molecular flexibility index (Phi) is 3.50. The van der Waals surface area contributed by atoms with Crippen molar-refractivity contribution in [2.45, 2.75) is 13.3 Å². The molecule has 0 heterocycles. The van der Waals surface area contributed by atoms with Gasteiger partial charge in [-0.2, -0.15) is 0 Å². The number of carboxylic acids is 1. The van der Waals surface area contributed by atoms with Crippen LogP contribution in [0.3, 0.4) is 0 Å². The Hall–Kier alpha value is -1.26. The highest BCUT2D eigenvalue weighted by Gasteiger charge is 2.39. The highest BCUT2D eigenvalue weighted by atomic mass is 35.5. The van der Waals surface area contributed by atoms with E-state index in [0.717, 1.165) is 6.42 Å². The highest BCUT2D eigenvalue weighted by molar-refractivity contribution is 6.40. The number of hydrogen-bond acceptors (Lipinski definition) is 2. The van der Waals surface area contributed by atoms with Crippen LogP contribution in [0.5, 0.6) is 0 Å². The minimum absolute atomic E-state index is 0.00344. The molecule has 0 aliphatic heterocycles. The van der Waals surface area contributed by atoms with Crippen molar-refractivity contribution >= 4 is 40.8 Å². The minimum atomic E-state index is -1.12. The van der Waals surface area contributed by atoms with Gasteiger partial charge in [0.25, 0.3) is 0 Å². The monoisotopic (exact) mass is 287 g/mol. The maximum absolute atomic E-state index is 11.8. The molecule has 0 saturated heterocycles. The van der Waals surface area contributed by atoms with Gasteiger partial charge in [-0.1, -0.05) is 30.1 Å². The summed E-state index contributed by atoms with van der Waals surface area (Å²) in [6, 6.07) is 2.53. The summed E-state index contributed by atoms with van der Waals surface area (Å²) in [7, 11) is 0. The van der Waals surface area contributed by atoms with Crippen LogP contribution in [0.1, 0.15) is 23.7 Å². The summed E-state index contributed by atoms with van der Waals surface area (Å²) in [6.07, 6.45) is 0.855. The van der Waals surface area contributed by atoms with E-state index in [4.69, 9.17) is 28.3 Å². The first kappa shape index (κ1) is 13.2. The van der Waals surface area contributed by atoms with Crippen LogP contribution in [-0.2, 0) is 4.79 Å². The molecule has 2 N–H and O–H groups in total. The maximum Gasteiger partial charge on any atom is 0.335 e. The summed E-state index contributed by atoms with van der Waals surface area (Å²) in [4.78, 5) is 22.6. The predicted octanol–water partition coefficient (Wildman–Crippen LogP) is 3.29. The quantitative estimate of drug-likeness (QED) is 0.896. The molecule has 1 fully saturated rings. The third kappa shape index (κ3) is 2.60. The third-order valence-corrected chi connectivity index (χ3v) is 3.58. The Balaban J connectivity index is 2.23. The number of benzene rings is 1. The van der Waals surface area contributed by atoms with E-state index in [1.165, 1.54) is 12.1 Å². The number of carboxylic acid groups (broad SMARTS) is 1. The third-order valence-electron chi connectivity index (χ3n) is 2.98. The normalized spacial score (nSPS) is 21.5. The second-order valence-electron chi connectivity index (χ2n) is 4.43. The lowest BCUT2D eigenvalue weighted by molar-refractivity contribution is -0.117. The average molecular weight is 288 g/mol. The first-order chi connectivity index (χ1) is 8.40. The van der Waals surface area contributed by atoms with E-state index >= 15 is 0 Å². The van der Waals surface area contributed by atoms with Gasteiger partial charge in [-0.15, -0.1) is 0 Å². The van der Waals surface area contributed by atoms with Gasteiger partial charge < -0.3 is 10.4 Å². The minimum Gasteiger partial charge on any atom is -0.478 e. The summed E-state index contributed by atoms with van der Waals surface area (Å²) in [5.74, 6) is -0.876. The number of anilines is 1. The Morgan fingerprint density at radius 2 is 1.83 bits per heavy atom. The SMILES string of the molecule is CC1CC1C(=O)Nc1c(Cl)cc(C(=O)O)cc1Cl. The van der Waals surface area contributed by atoms with Crippen LogP contribution in [-0.4, -0.2) is 17.0 Å². The predicted molar refractivity (Wildman–Crippen MR) is 69.3 cm³/mol. The van der Waals surface area contributed by atoms with Gasteiger partial charge in [0, 0.05) is 5.92 Å². The van der Waals surface area contributed by atoms with Crippen LogP contribution >= 0.6 is 23.2 Å². The molecule has 96 valence electrons. The summed E-state index contributed by atoms with van der Waals surface area (Å²) < 4.78 is 0. The summed E-state index contributed by atoms with van der Waals surface area (Å²) in [5, 5.41) is 11.7. The van der Waals surface area contributed by atoms with Crippen molar-refractivity contribution in [3.05, 3.63) is 27.7 Å². The number of carbonyl (C=O) groups excluding carboxylic acids is 1. The molecule has 0 bridgehead atoms. The Morgan fingerprint density at radius 3 is 2.22 bits per heavy atom. The van der Waals surface area contributed by atoms with Gasteiger partial charge >= 0.3 is 5.97 Å². The zero-order chi connectivity index (χ0) is 13.4. The number of carbonyl (C=O) groups is 2. The lowest BCUT2D eigenvalue weighted by atomic mass is 10.2. The zero-order valence-electron chi connectivity index (χ0n) is 9.54. The summed E-state index contributed by atoms with van der Waals surface area (Å²) in [5.41, 5.74) is 0.259. The number of rotatable bonds is 3. The molecule has 4 nitrogen and oxygen atoms in total. The molecule has 2 unspecified atom stereocenters. The fourth-order valence-corrected chi connectivity index (χ4v) is 2.30. The van der Waals surface area contributed by atoms with Gasteiger partial charge in [0.05, 0.1) is 21.3 Å². The first-order valence-electron chi connectivity index (χ1n) is 5.43. The van der Waals surface area contributed by atoms with Crippen LogP contribution in [0.25, 0.3) is 0 Å². The van der Waals surface area contributed by atoms with Gasteiger partial charge in [-0.05, 0) is 24.5 Å². The molecule has 1 amide bonds. The fraction of sp³-hybridized carbons (Fsp3) is 0.333. The van der Waals surface area contributed by atoms with Crippen LogP contribution < -0.4 is 5.32 Å². The van der Waals surface area contributed by atoms with Gasteiger partial charge in [0.2, 0.25) is 5.91 Å². The van der Waals surface area contributed by atoms with Crippen molar-refractivity contribution in [2.75, 3.05) is 5.32 Å². The highest BCUT2D eigenvalue weighted by Crippen LogP contribution is 2.40. The van der Waals surface area contributed by atoms with Crippen LogP contribution in [0.4, 0.5) is 5.69 Å². The van der Waals surface area contributed by atoms with Gasteiger partial charge in [0.1, 0.15) is 0 Å². The largest absolute Gasteiger partial charge is 0.478 e. The molecule has 6 heteroatoms. The molecule has 1 aromatic carbocycles. The molecule has 0 aromatic heterocycles. The Morgan fingerprint density at radius 1 is 1.33 bits per heavy atom. The summed E-state index contributed by atoms with van der Waals surface area (Å²) >= 11 is 11.8. The molecular formula is C12H11Cl2NO3. The standard InChI is InChI=1S/C12H11Cl2NO3/c1-5-2-7(5)11(16)15-10-8(13)3-6(12(17)18)4-9(10)14/h3-5,7H,2H2,1H3,(H,15,16)(H,17,18). The van der Waals surface area contributed by atoms with Crippen molar-refractivity contribution in [3.8, 4) is 0 Å². The number of amides is 1. The van der Waals surface area contributed by atoms with Crippen molar-refractivity contribution < 1.29 is 14.7 Å². The number of hydrogen-bond donors (Lipinski definition) is 2. The lowest BCUT2D eigenvalue weighted by Gasteiger charge is -2.10. The van der Waals surface area contributed by atoms with Gasteiger partial charge in [-0.3, -0.25) is 4.79 Å². The maximum atomic E-state index is 11.8. The first-order valence-corrected chi connectivity index (χ1v) is 6.19. The van der Waals surface area contributed by atoms with Gasteiger partial charge in [0.15, 0.2) is 0 Å². The Bertz CT molecular complexity index is 507. The molecule has 2 rings (SSSR count). The van der Waals surface area contributed by atoms with Crippen molar-refractivity contribution in [3.63, 3.8) is 0 Å². The molecule has 1 aliphatic rings. The van der Waals surface area contributed by atoms with Crippen molar-refractivity contribution in [1.82, 2.24) is 0 Å². The number of aromatic carboxylic acids is 1. The second kappa shape index (κ2) is 4.78. The van der Waals surface area contributed by atoms with E-state index in [0.29, 0.717) is 5.92 Å². The summed E-state index contributed by atoms with van der Waals surface area (Å²) in [6.45, 7) is 1.99. The molecule has 1 saturated carbocycles. The van der Waals surface area contributed by atoms with E-state index in [2.05, 4.69) is 5.32 Å². The molecule has 0 radical (unpaired) electrons. The lowest BCUT2D eigenvalue weighted by Crippen LogP contribution is -2.15. The molecule has 1 aliphatic carbocycles. The molecular weight excluding hydrogens is 277 g/mol. The number of halogens is 2. The Labute approximate surface area is 114 Å². The van der Waals surface area contributed by atoms with Crippen LogP contribution in [0.2, 0.25) is 10.0 Å². The second-order valence-corrected chi connectivity index (χ2v) is 5.24.